The summed E-state index contributed by atoms with van der Waals surface area (Å²) in [7, 11) is 0. The summed E-state index contributed by atoms with van der Waals surface area (Å²) in [5.41, 5.74) is 0. The highest BCUT2D eigenvalue weighted by Gasteiger charge is 2.39. The van der Waals surface area contributed by atoms with Gasteiger partial charge in [-0.2, -0.15) is 0 Å². The van der Waals surface area contributed by atoms with Gasteiger partial charge in [0.25, 0.3) is 0 Å². The molecule has 0 N–H and O–H groups in total. The minimum Gasteiger partial charge on any atom is -0.466 e. The van der Waals surface area contributed by atoms with Crippen molar-refractivity contribution in [3.8, 4) is 0 Å². The quantitative estimate of drug-likeness (QED) is 0.709. The van der Waals surface area contributed by atoms with E-state index in [1.807, 2.05) is 6.92 Å². The van der Waals surface area contributed by atoms with Gasteiger partial charge in [0.1, 0.15) is 0 Å². The van der Waals surface area contributed by atoms with Crippen LogP contribution in [0.3, 0.4) is 0 Å². The molecular formula is C14H27NO2. The van der Waals surface area contributed by atoms with E-state index < -0.39 is 0 Å². The lowest BCUT2D eigenvalue weighted by Gasteiger charge is -2.44. The zero-order valence-corrected chi connectivity index (χ0v) is 11.9. The predicted molar refractivity (Wildman–Crippen MR) is 69.8 cm³/mol. The number of carbonyl (C=O) groups is 1. The van der Waals surface area contributed by atoms with Gasteiger partial charge in [0.2, 0.25) is 0 Å². The number of likely N-dealkylation sites (tertiary alicyclic amines) is 1. The molecule has 17 heavy (non-hydrogen) atoms. The lowest BCUT2D eigenvalue weighted by Crippen LogP contribution is -2.53. The van der Waals surface area contributed by atoms with Gasteiger partial charge in [-0.05, 0) is 46.1 Å². The zero-order chi connectivity index (χ0) is 13.0. The molecule has 0 radical (unpaired) electrons. The molecule has 1 heterocycles. The maximum Gasteiger partial charge on any atom is 0.310 e. The molecule has 1 aliphatic heterocycles. The maximum absolute atomic E-state index is 12.0. The summed E-state index contributed by atoms with van der Waals surface area (Å²) >= 11 is 0. The first-order valence-electron chi connectivity index (χ1n) is 6.91. The van der Waals surface area contributed by atoms with Crippen LogP contribution in [0.4, 0.5) is 0 Å². The van der Waals surface area contributed by atoms with Crippen molar-refractivity contribution in [3.63, 3.8) is 0 Å². The van der Waals surface area contributed by atoms with Crippen LogP contribution >= 0.6 is 0 Å². The van der Waals surface area contributed by atoms with Crippen LogP contribution in [-0.2, 0) is 9.53 Å². The molecule has 0 spiro atoms. The average molecular weight is 241 g/mol. The minimum absolute atomic E-state index is 0.00319. The van der Waals surface area contributed by atoms with Crippen molar-refractivity contribution < 1.29 is 9.53 Å². The molecule has 0 aliphatic carbocycles. The van der Waals surface area contributed by atoms with Crippen LogP contribution in [0.15, 0.2) is 0 Å². The predicted octanol–water partition coefficient (Wildman–Crippen LogP) is 2.69. The highest BCUT2D eigenvalue weighted by atomic mass is 16.5. The lowest BCUT2D eigenvalue weighted by atomic mass is 9.82. The third kappa shape index (κ3) is 3.44. The Kier molecular flexibility index (Phi) is 5.44. The van der Waals surface area contributed by atoms with Crippen molar-refractivity contribution in [2.45, 2.75) is 59.5 Å². The largest absolute Gasteiger partial charge is 0.466 e. The van der Waals surface area contributed by atoms with Crippen LogP contribution < -0.4 is 0 Å². The Balaban J connectivity index is 2.83. The monoisotopic (exact) mass is 241 g/mol. The van der Waals surface area contributed by atoms with E-state index in [0.29, 0.717) is 24.6 Å². The maximum atomic E-state index is 12.0. The first-order valence-corrected chi connectivity index (χ1v) is 6.91. The average Bonchev–Trinajstić information content (AvgIpc) is 2.28. The van der Waals surface area contributed by atoms with E-state index in [1.54, 1.807) is 0 Å². The van der Waals surface area contributed by atoms with Gasteiger partial charge < -0.3 is 4.74 Å². The van der Waals surface area contributed by atoms with E-state index in [1.165, 1.54) is 0 Å². The highest BCUT2D eigenvalue weighted by Crippen LogP contribution is 2.31. The minimum atomic E-state index is -0.00319. The summed E-state index contributed by atoms with van der Waals surface area (Å²) in [5, 5.41) is 0. The molecule has 2 unspecified atom stereocenters. The van der Waals surface area contributed by atoms with Gasteiger partial charge in [0.05, 0.1) is 12.5 Å². The first-order chi connectivity index (χ1) is 7.99. The molecule has 0 aromatic carbocycles. The van der Waals surface area contributed by atoms with E-state index in [9.17, 15) is 4.79 Å². The second-order valence-corrected chi connectivity index (χ2v) is 5.57. The molecular weight excluding hydrogens is 214 g/mol. The standard InChI is InChI=1S/C14H27NO2/c1-6-17-14(16)12-8-7-9-15(11(4)5)13(12)10(2)3/h10-13H,6-9H2,1-5H3. The molecule has 3 nitrogen and oxygen atoms in total. The molecule has 0 bridgehead atoms. The van der Waals surface area contributed by atoms with Crippen LogP contribution in [-0.4, -0.2) is 36.1 Å². The Morgan fingerprint density at radius 2 is 2.00 bits per heavy atom. The molecule has 2 atom stereocenters. The first kappa shape index (κ1) is 14.5. The number of nitrogens with zero attached hydrogens (tertiary/aromatic N) is 1. The summed E-state index contributed by atoms with van der Waals surface area (Å²) < 4.78 is 5.22. The van der Waals surface area contributed by atoms with Crippen molar-refractivity contribution in [2.24, 2.45) is 11.8 Å². The van der Waals surface area contributed by atoms with Crippen LogP contribution in [0.5, 0.6) is 0 Å². The van der Waals surface area contributed by atoms with E-state index in [0.717, 1.165) is 19.4 Å². The third-order valence-corrected chi connectivity index (χ3v) is 3.66. The molecule has 0 amide bonds. The Labute approximate surface area is 106 Å². The van der Waals surface area contributed by atoms with Crippen molar-refractivity contribution in [1.82, 2.24) is 4.90 Å². The molecule has 1 rings (SSSR count). The smallest absolute Gasteiger partial charge is 0.310 e. The second-order valence-electron chi connectivity index (χ2n) is 5.57. The lowest BCUT2D eigenvalue weighted by molar-refractivity contribution is -0.154. The Hall–Kier alpha value is -0.570. The molecule has 3 heteroatoms. The molecule has 0 saturated carbocycles. The van der Waals surface area contributed by atoms with E-state index in [2.05, 4.69) is 32.6 Å². The van der Waals surface area contributed by atoms with Gasteiger partial charge in [-0.3, -0.25) is 9.69 Å². The summed E-state index contributed by atoms with van der Waals surface area (Å²) in [6, 6.07) is 0.836. The van der Waals surface area contributed by atoms with E-state index in [4.69, 9.17) is 4.74 Å². The topological polar surface area (TPSA) is 29.5 Å². The molecule has 1 fully saturated rings. The number of rotatable bonds is 4. The van der Waals surface area contributed by atoms with E-state index in [-0.39, 0.29) is 11.9 Å². The van der Waals surface area contributed by atoms with Crippen molar-refractivity contribution in [2.75, 3.05) is 13.2 Å². The third-order valence-electron chi connectivity index (χ3n) is 3.66. The van der Waals surface area contributed by atoms with Crippen LogP contribution in [0, 0.1) is 11.8 Å². The summed E-state index contributed by atoms with van der Waals surface area (Å²) in [5.74, 6) is 0.551. The van der Waals surface area contributed by atoms with Gasteiger partial charge in [-0.15, -0.1) is 0 Å². The van der Waals surface area contributed by atoms with Gasteiger partial charge in [0, 0.05) is 12.1 Å². The summed E-state index contributed by atoms with van der Waals surface area (Å²) in [6.07, 6.45) is 2.08. The molecule has 1 saturated heterocycles. The Morgan fingerprint density at radius 1 is 1.35 bits per heavy atom. The van der Waals surface area contributed by atoms with Gasteiger partial charge >= 0.3 is 5.97 Å². The SMILES string of the molecule is CCOC(=O)C1CCCN(C(C)C)C1C(C)C. The van der Waals surface area contributed by atoms with E-state index >= 15 is 0 Å². The number of carbonyl (C=O) groups excluding carboxylic acids is 1. The second kappa shape index (κ2) is 6.39. The van der Waals surface area contributed by atoms with Crippen molar-refractivity contribution in [3.05, 3.63) is 0 Å². The zero-order valence-electron chi connectivity index (χ0n) is 11.9. The number of hydrogen-bond donors (Lipinski definition) is 0. The Morgan fingerprint density at radius 3 is 2.47 bits per heavy atom. The van der Waals surface area contributed by atoms with Crippen LogP contribution in [0.2, 0.25) is 0 Å². The van der Waals surface area contributed by atoms with Gasteiger partial charge in [0.15, 0.2) is 0 Å². The normalized spacial score (nSPS) is 26.5. The number of esters is 1. The molecule has 100 valence electrons. The van der Waals surface area contributed by atoms with Crippen LogP contribution in [0.25, 0.3) is 0 Å². The molecule has 0 aromatic heterocycles. The molecule has 1 aliphatic rings. The highest BCUT2D eigenvalue weighted by molar-refractivity contribution is 5.73. The van der Waals surface area contributed by atoms with Gasteiger partial charge in [-0.25, -0.2) is 0 Å². The van der Waals surface area contributed by atoms with Crippen LogP contribution in [0.1, 0.15) is 47.5 Å². The fourth-order valence-corrected chi connectivity index (χ4v) is 3.00. The fraction of sp³-hybridized carbons (Fsp3) is 0.929. The number of hydrogen-bond acceptors (Lipinski definition) is 3. The van der Waals surface area contributed by atoms with Crippen molar-refractivity contribution in [1.29, 1.82) is 0 Å². The summed E-state index contributed by atoms with van der Waals surface area (Å²) in [6.45, 7) is 12.3. The summed E-state index contributed by atoms with van der Waals surface area (Å²) in [4.78, 5) is 14.5. The number of ether oxygens (including phenoxy) is 1. The van der Waals surface area contributed by atoms with Crippen molar-refractivity contribution >= 4 is 5.97 Å². The Bertz CT molecular complexity index is 251. The van der Waals surface area contributed by atoms with Gasteiger partial charge in [-0.1, -0.05) is 13.8 Å². The fourth-order valence-electron chi connectivity index (χ4n) is 3.00. The number of piperidine rings is 1. The molecule has 0 aromatic rings.